The first-order valence-corrected chi connectivity index (χ1v) is 19.0. The van der Waals surface area contributed by atoms with Gasteiger partial charge in [-0.2, -0.15) is 0 Å². The largest absolute Gasteiger partial charge is 0.508 e. The Morgan fingerprint density at radius 1 is 0.911 bits per heavy atom. The minimum Gasteiger partial charge on any atom is -0.508 e. The number of aromatic hydroxyl groups is 1. The van der Waals surface area contributed by atoms with Crippen molar-refractivity contribution in [2.75, 3.05) is 72.6 Å². The molecule has 17 heteroatoms. The molecule has 56 heavy (non-hydrogen) atoms. The Morgan fingerprint density at radius 3 is 2.14 bits per heavy atom. The highest BCUT2D eigenvalue weighted by Gasteiger charge is 2.35. The van der Waals surface area contributed by atoms with Crippen LogP contribution in [0, 0.1) is 12.5 Å². The summed E-state index contributed by atoms with van der Waals surface area (Å²) in [5.74, 6) is -1.14. The molecule has 3 amide bonds. The van der Waals surface area contributed by atoms with Gasteiger partial charge in [-0.3, -0.25) is 38.5 Å². The maximum atomic E-state index is 12.4. The van der Waals surface area contributed by atoms with Crippen molar-refractivity contribution in [3.05, 3.63) is 41.2 Å². The molecule has 2 rings (SSSR count). The van der Waals surface area contributed by atoms with Crippen molar-refractivity contribution >= 4 is 35.1 Å². The summed E-state index contributed by atoms with van der Waals surface area (Å²) >= 11 is 0. The lowest BCUT2D eigenvalue weighted by molar-refractivity contribution is -0.133. The number of phenolic OH excluding ortho intramolecular Hbond substituents is 1. The lowest BCUT2D eigenvalue weighted by Gasteiger charge is -2.20. The number of aliphatic hydroxyl groups excluding tert-OH is 1. The highest BCUT2D eigenvalue weighted by Crippen LogP contribution is 2.19. The van der Waals surface area contributed by atoms with Gasteiger partial charge in [0.15, 0.2) is 11.6 Å². The number of rotatable bonds is 28. The summed E-state index contributed by atoms with van der Waals surface area (Å²) in [6.45, 7) is 14.0. The SMILES string of the molecule is CC[C@@H](CO)C(C)=O.[C-]#[N+][C@@H]1CCCN1C(=O)[C@@H](N)CCC(=O)NCCOCCOCC(=O)CCCOCCOCC(=O)N[C@@H](Cc1ccc(O)cc1)C(C)=O. The average molecular weight is 792 g/mol. The molecule has 0 unspecified atom stereocenters. The maximum absolute atomic E-state index is 12.4. The molecule has 1 heterocycles. The first-order valence-electron chi connectivity index (χ1n) is 19.0. The van der Waals surface area contributed by atoms with Crippen LogP contribution in [-0.2, 0) is 54.1 Å². The van der Waals surface area contributed by atoms with Gasteiger partial charge in [0.05, 0.1) is 51.7 Å². The third-order valence-electron chi connectivity index (χ3n) is 8.70. The smallest absolute Gasteiger partial charge is 0.300 e. The molecular formula is C39H61N5O12. The average Bonchev–Trinajstić information content (AvgIpc) is 3.66. The highest BCUT2D eigenvalue weighted by atomic mass is 16.5. The van der Waals surface area contributed by atoms with Gasteiger partial charge in [0.1, 0.15) is 24.7 Å². The van der Waals surface area contributed by atoms with E-state index in [0.29, 0.717) is 32.4 Å². The Bertz CT molecular complexity index is 1380. The van der Waals surface area contributed by atoms with E-state index in [4.69, 9.17) is 36.4 Å². The molecule has 0 aromatic heterocycles. The number of phenols is 1. The van der Waals surface area contributed by atoms with Crippen LogP contribution in [0.25, 0.3) is 4.85 Å². The summed E-state index contributed by atoms with van der Waals surface area (Å²) in [7, 11) is 0. The quantitative estimate of drug-likeness (QED) is 0.0592. The van der Waals surface area contributed by atoms with Crippen molar-refractivity contribution in [1.29, 1.82) is 0 Å². The Balaban J connectivity index is 0.00000176. The zero-order valence-electron chi connectivity index (χ0n) is 33.0. The Morgan fingerprint density at radius 2 is 1.55 bits per heavy atom. The van der Waals surface area contributed by atoms with Crippen LogP contribution in [0.4, 0.5) is 0 Å². The molecule has 1 aromatic rings. The van der Waals surface area contributed by atoms with Crippen molar-refractivity contribution in [3.63, 3.8) is 0 Å². The zero-order valence-corrected chi connectivity index (χ0v) is 33.0. The van der Waals surface area contributed by atoms with Gasteiger partial charge in [0, 0.05) is 44.9 Å². The van der Waals surface area contributed by atoms with Gasteiger partial charge in [-0.25, -0.2) is 6.57 Å². The summed E-state index contributed by atoms with van der Waals surface area (Å²) in [6.07, 6.45) is 3.12. The van der Waals surface area contributed by atoms with Crippen molar-refractivity contribution in [1.82, 2.24) is 15.5 Å². The molecule has 1 fully saturated rings. The number of carbonyl (C=O) groups excluding carboxylic acids is 6. The maximum Gasteiger partial charge on any atom is 0.300 e. The van der Waals surface area contributed by atoms with E-state index in [9.17, 15) is 33.9 Å². The number of benzene rings is 1. The normalized spacial score (nSPS) is 15.1. The first-order chi connectivity index (χ1) is 26.8. The summed E-state index contributed by atoms with van der Waals surface area (Å²) in [5.41, 5.74) is 6.74. The molecule has 1 aromatic carbocycles. The number of nitrogens with two attached hydrogens (primary N) is 1. The van der Waals surface area contributed by atoms with Crippen LogP contribution in [0.15, 0.2) is 24.3 Å². The van der Waals surface area contributed by atoms with Crippen LogP contribution < -0.4 is 16.4 Å². The number of ketones is 3. The second kappa shape index (κ2) is 29.9. The Kier molecular flexibility index (Phi) is 26.5. The number of amides is 3. The number of likely N-dealkylation sites (tertiary alicyclic amines) is 1. The minimum atomic E-state index is -0.812. The highest BCUT2D eigenvalue weighted by molar-refractivity contribution is 5.88. The topological polar surface area (TPSA) is 237 Å². The van der Waals surface area contributed by atoms with Gasteiger partial charge in [0.2, 0.25) is 17.7 Å². The zero-order chi connectivity index (χ0) is 41.7. The summed E-state index contributed by atoms with van der Waals surface area (Å²) in [6, 6.07) is 4.91. The molecule has 0 spiro atoms. The number of ether oxygens (including phenoxy) is 4. The monoisotopic (exact) mass is 791 g/mol. The van der Waals surface area contributed by atoms with Crippen molar-refractivity contribution in [3.8, 4) is 5.75 Å². The van der Waals surface area contributed by atoms with Crippen molar-refractivity contribution < 1.29 is 57.9 Å². The molecule has 1 aliphatic rings. The predicted molar refractivity (Wildman–Crippen MR) is 205 cm³/mol. The third kappa shape index (κ3) is 22.3. The van der Waals surface area contributed by atoms with Crippen molar-refractivity contribution in [2.45, 2.75) is 90.4 Å². The van der Waals surface area contributed by atoms with E-state index >= 15 is 0 Å². The number of Topliss-reactive ketones (excluding diaryl/α,β-unsaturated/α-hetero) is 3. The van der Waals surface area contributed by atoms with Crippen LogP contribution in [0.2, 0.25) is 0 Å². The fraction of sp³-hybridized carbons (Fsp3) is 0.667. The van der Waals surface area contributed by atoms with Gasteiger partial charge >= 0.3 is 6.17 Å². The number of aliphatic hydroxyl groups is 1. The predicted octanol–water partition coefficient (Wildman–Crippen LogP) is 1.11. The Labute approximate surface area is 329 Å². The standard InChI is InChI=1S/C33H49N5O10.C6H12O2/c1-24(39)29(21-25-7-9-26(40)10-8-25)37-32(43)23-48-20-17-45-15-4-5-27(41)22-47-19-18-46-16-13-36-31(42)12-11-28(34)33(44)38-14-3-6-30(38)35-2;1-3-6(4-7)5(2)8/h7-10,28-30,40H,3-6,11-23,34H2,1H3,(H,36,42)(H,37,43);6-7H,3-4H2,1-2H3/t28-,29-,30-;6-/m00/s1. The summed E-state index contributed by atoms with van der Waals surface area (Å²) in [4.78, 5) is 75.9. The van der Waals surface area contributed by atoms with Gasteiger partial charge in [-0.15, -0.1) is 0 Å². The van der Waals surface area contributed by atoms with Crippen LogP contribution in [-0.4, -0.2) is 141 Å². The van der Waals surface area contributed by atoms with Crippen LogP contribution in [0.3, 0.4) is 0 Å². The molecule has 17 nitrogen and oxygen atoms in total. The molecule has 0 aliphatic carbocycles. The summed E-state index contributed by atoms with van der Waals surface area (Å²) < 4.78 is 21.5. The number of carbonyl (C=O) groups is 6. The minimum absolute atomic E-state index is 0.00810. The number of hydrogen-bond donors (Lipinski definition) is 5. The molecule has 6 N–H and O–H groups in total. The van der Waals surface area contributed by atoms with Gasteiger partial charge in [0.25, 0.3) is 0 Å². The number of nitrogens with zero attached hydrogens (tertiary/aromatic N) is 2. The van der Waals surface area contributed by atoms with Crippen LogP contribution >= 0.6 is 0 Å². The fourth-order valence-electron chi connectivity index (χ4n) is 5.29. The molecule has 4 atom stereocenters. The van der Waals surface area contributed by atoms with E-state index in [0.717, 1.165) is 18.4 Å². The first kappa shape index (κ1) is 49.7. The fourth-order valence-corrected chi connectivity index (χ4v) is 5.29. The number of hydrogen-bond acceptors (Lipinski definition) is 13. The second-order valence-electron chi connectivity index (χ2n) is 13.3. The van der Waals surface area contributed by atoms with Gasteiger partial charge in [-0.1, -0.05) is 19.1 Å². The van der Waals surface area contributed by atoms with Gasteiger partial charge < -0.3 is 45.5 Å². The second-order valence-corrected chi connectivity index (χ2v) is 13.3. The van der Waals surface area contributed by atoms with Gasteiger partial charge in [-0.05, 0) is 63.6 Å². The van der Waals surface area contributed by atoms with Crippen LogP contribution in [0.1, 0.15) is 71.3 Å². The molecule has 0 saturated carbocycles. The van der Waals surface area contributed by atoms with Crippen molar-refractivity contribution in [2.24, 2.45) is 11.7 Å². The molecule has 314 valence electrons. The third-order valence-corrected chi connectivity index (χ3v) is 8.70. The van der Waals surface area contributed by atoms with E-state index in [1.54, 1.807) is 12.1 Å². The molecule has 0 radical (unpaired) electrons. The van der Waals surface area contributed by atoms with E-state index < -0.39 is 24.2 Å². The van der Waals surface area contributed by atoms with E-state index in [1.807, 2.05) is 6.92 Å². The lowest BCUT2D eigenvalue weighted by Crippen LogP contribution is -2.45. The van der Waals surface area contributed by atoms with E-state index in [2.05, 4.69) is 15.5 Å². The molecule has 1 aliphatic heterocycles. The molecular weight excluding hydrogens is 730 g/mol. The van der Waals surface area contributed by atoms with Crippen LogP contribution in [0.5, 0.6) is 5.75 Å². The lowest BCUT2D eigenvalue weighted by atomic mass is 10.0. The summed E-state index contributed by atoms with van der Waals surface area (Å²) in [5, 5.41) is 23.2. The van der Waals surface area contributed by atoms with E-state index in [-0.39, 0.29) is 119 Å². The molecule has 1 saturated heterocycles. The van der Waals surface area contributed by atoms with E-state index in [1.165, 1.54) is 30.9 Å². The molecule has 0 bridgehead atoms. The number of nitrogens with one attached hydrogen (secondary N) is 2. The Hall–Kier alpha value is -4.31.